The lowest BCUT2D eigenvalue weighted by Crippen LogP contribution is -2.42. The van der Waals surface area contributed by atoms with Gasteiger partial charge in [-0.25, -0.2) is 14.7 Å². The van der Waals surface area contributed by atoms with Crippen molar-refractivity contribution in [2.45, 2.75) is 13.0 Å². The van der Waals surface area contributed by atoms with E-state index in [2.05, 4.69) is 15.7 Å². The number of aryl methyl sites for hydroxylation is 1. The zero-order valence-electron chi connectivity index (χ0n) is 22.6. The molecule has 6 rings (SSSR count). The van der Waals surface area contributed by atoms with E-state index in [1.807, 2.05) is 72.8 Å². The molecule has 0 saturated carbocycles. The highest BCUT2D eigenvalue weighted by atomic mass is 16.5. The third-order valence-corrected chi connectivity index (χ3v) is 7.08. The van der Waals surface area contributed by atoms with Crippen LogP contribution in [0.5, 0.6) is 17.2 Å². The average molecular weight is 548 g/mol. The molecule has 0 amide bonds. The highest BCUT2D eigenvalue weighted by Gasteiger charge is 2.34. The van der Waals surface area contributed by atoms with E-state index in [9.17, 15) is 9.90 Å². The molecule has 0 radical (unpaired) electrons. The predicted molar refractivity (Wildman–Crippen MR) is 160 cm³/mol. The smallest absolute Gasteiger partial charge is 0.280 e. The number of amidine groups is 1. The summed E-state index contributed by atoms with van der Waals surface area (Å²) in [5.41, 5.74) is 6.02. The minimum Gasteiger partial charge on any atom is -0.504 e. The molecule has 5 aromatic rings. The molecule has 9 nitrogen and oxygen atoms in total. The molecular weight excluding hydrogens is 518 g/mol. The maximum absolute atomic E-state index is 13.6. The number of fused-ring (bicyclic) bond motifs is 2. The van der Waals surface area contributed by atoms with Gasteiger partial charge in [0.2, 0.25) is 0 Å². The Kier molecular flexibility index (Phi) is 6.99. The topological polar surface area (TPSA) is 110 Å². The first kappa shape index (κ1) is 25.9. The maximum Gasteiger partial charge on any atom is 0.280 e. The van der Waals surface area contributed by atoms with E-state index in [-0.39, 0.29) is 11.3 Å². The van der Waals surface area contributed by atoms with E-state index in [1.54, 1.807) is 31.2 Å². The predicted octanol–water partition coefficient (Wildman–Crippen LogP) is 5.55. The summed E-state index contributed by atoms with van der Waals surface area (Å²) in [4.78, 5) is 23.3. The van der Waals surface area contributed by atoms with Gasteiger partial charge in [0.1, 0.15) is 29.2 Å². The van der Waals surface area contributed by atoms with Crippen molar-refractivity contribution in [1.82, 2.24) is 9.66 Å². The van der Waals surface area contributed by atoms with Crippen LogP contribution in [0.1, 0.15) is 17.5 Å². The monoisotopic (exact) mass is 547 g/mol. The van der Waals surface area contributed by atoms with Crippen LogP contribution in [0.2, 0.25) is 0 Å². The van der Waals surface area contributed by atoms with Gasteiger partial charge in [0, 0.05) is 12.2 Å². The molecule has 41 heavy (non-hydrogen) atoms. The summed E-state index contributed by atoms with van der Waals surface area (Å²) in [6, 6.07) is 29.8. The average Bonchev–Trinajstić information content (AvgIpc) is 3.15. The third kappa shape index (κ3) is 5.17. The molecule has 0 aliphatic carbocycles. The molecule has 1 aliphatic rings. The molecule has 2 atom stereocenters. The van der Waals surface area contributed by atoms with Crippen LogP contribution in [0, 0.1) is 12.8 Å². The Morgan fingerprint density at radius 2 is 1.73 bits per heavy atom. The zero-order chi connectivity index (χ0) is 28.3. The van der Waals surface area contributed by atoms with E-state index in [1.165, 1.54) is 11.8 Å². The van der Waals surface area contributed by atoms with Crippen molar-refractivity contribution in [2.75, 3.05) is 24.4 Å². The Morgan fingerprint density at radius 1 is 0.976 bits per heavy atom. The summed E-state index contributed by atoms with van der Waals surface area (Å²) in [6.45, 7) is 2.19. The van der Waals surface area contributed by atoms with E-state index >= 15 is 0 Å². The van der Waals surface area contributed by atoms with Crippen LogP contribution in [0.3, 0.4) is 0 Å². The number of methoxy groups -OCH3 is 1. The number of phenols is 1. The summed E-state index contributed by atoms with van der Waals surface area (Å²) in [6.07, 6.45) is -0.569. The Balaban J connectivity index is 1.50. The van der Waals surface area contributed by atoms with Crippen molar-refractivity contribution < 1.29 is 14.6 Å². The maximum atomic E-state index is 13.6. The quantitative estimate of drug-likeness (QED) is 0.256. The molecule has 0 bridgehead atoms. The molecule has 2 heterocycles. The van der Waals surface area contributed by atoms with Gasteiger partial charge in [-0.15, -0.1) is 0 Å². The van der Waals surface area contributed by atoms with Gasteiger partial charge >= 0.3 is 0 Å². The van der Waals surface area contributed by atoms with Crippen molar-refractivity contribution in [2.24, 2.45) is 10.9 Å². The molecule has 0 saturated heterocycles. The number of aromatic hydroxyl groups is 1. The van der Waals surface area contributed by atoms with Crippen LogP contribution in [-0.2, 0) is 0 Å². The van der Waals surface area contributed by atoms with E-state index in [4.69, 9.17) is 14.5 Å². The molecule has 4 aromatic carbocycles. The summed E-state index contributed by atoms with van der Waals surface area (Å²) >= 11 is 0. The highest BCUT2D eigenvalue weighted by molar-refractivity contribution is 5.96. The normalized spacial score (nSPS) is 16.2. The van der Waals surface area contributed by atoms with Crippen LogP contribution >= 0.6 is 0 Å². The number of hydrogen-bond donors (Lipinski definition) is 3. The Bertz CT molecular complexity index is 1800. The first-order valence-corrected chi connectivity index (χ1v) is 13.3. The zero-order valence-corrected chi connectivity index (χ0v) is 22.6. The number of anilines is 1. The molecule has 3 N–H and O–H groups in total. The molecule has 206 valence electrons. The fourth-order valence-electron chi connectivity index (χ4n) is 4.98. The standard InChI is InChI=1S/C32H29N5O4/c1-20-34-25-13-7-6-12-23(25)32(39)37(20)36-31-24(19-33-22-10-4-3-5-11-22)30(21-16-17-27(38)29(18-21)40-2)41-28-15-9-8-14-26(28)35-31/h3-18,24,30,33,38H,19H2,1-2H3,(H,35,36). The fraction of sp³-hybridized carbons (Fsp3) is 0.156. The number of nitrogens with zero attached hydrogens (tertiary/aromatic N) is 3. The van der Waals surface area contributed by atoms with Crippen LogP contribution in [-0.4, -0.2) is 34.3 Å². The third-order valence-electron chi connectivity index (χ3n) is 7.08. The van der Waals surface area contributed by atoms with E-state index < -0.39 is 12.0 Å². The molecule has 1 aromatic heterocycles. The van der Waals surface area contributed by atoms with Gasteiger partial charge in [-0.1, -0.05) is 48.5 Å². The number of rotatable bonds is 6. The molecule has 0 spiro atoms. The molecule has 1 aliphatic heterocycles. The lowest BCUT2D eigenvalue weighted by Gasteiger charge is -2.29. The Morgan fingerprint density at radius 3 is 2.56 bits per heavy atom. The number of ether oxygens (including phenoxy) is 2. The van der Waals surface area contributed by atoms with Crippen molar-refractivity contribution >= 4 is 28.1 Å². The summed E-state index contributed by atoms with van der Waals surface area (Å²) < 4.78 is 13.5. The number of hydrogen-bond acceptors (Lipinski definition) is 8. The Hall–Kier alpha value is -5.31. The molecule has 0 fully saturated rings. The van der Waals surface area contributed by atoms with Gasteiger partial charge in [0.15, 0.2) is 11.5 Å². The number of para-hydroxylation sites is 4. The van der Waals surface area contributed by atoms with Gasteiger partial charge in [-0.2, -0.15) is 0 Å². The summed E-state index contributed by atoms with van der Waals surface area (Å²) in [7, 11) is 1.51. The van der Waals surface area contributed by atoms with E-state index in [0.717, 1.165) is 11.3 Å². The minimum atomic E-state index is -0.569. The lowest BCUT2D eigenvalue weighted by atomic mass is 9.93. The van der Waals surface area contributed by atoms with Gasteiger partial charge < -0.3 is 19.9 Å². The van der Waals surface area contributed by atoms with Crippen LogP contribution in [0.25, 0.3) is 10.9 Å². The minimum absolute atomic E-state index is 0.0284. The van der Waals surface area contributed by atoms with Crippen LogP contribution in [0.15, 0.2) is 107 Å². The van der Waals surface area contributed by atoms with Crippen molar-refractivity contribution in [1.29, 1.82) is 0 Å². The van der Waals surface area contributed by atoms with Crippen molar-refractivity contribution in [3.63, 3.8) is 0 Å². The highest BCUT2D eigenvalue weighted by Crippen LogP contribution is 2.41. The first-order valence-electron chi connectivity index (χ1n) is 13.3. The van der Waals surface area contributed by atoms with Gasteiger partial charge in [-0.05, 0) is 61.0 Å². The SMILES string of the molecule is COc1cc(C2Oc3ccccc3N=C(Nn3c(C)nc4ccccc4c3=O)C2CNc2ccccc2)ccc1O. The number of phenolic OH excluding ortho intramolecular Hbond substituents is 1. The first-order chi connectivity index (χ1) is 20.0. The van der Waals surface area contributed by atoms with Gasteiger partial charge in [0.25, 0.3) is 5.56 Å². The number of nitrogens with one attached hydrogen (secondary N) is 2. The number of benzene rings is 4. The summed E-state index contributed by atoms with van der Waals surface area (Å²) in [5.74, 6) is 1.53. The molecule has 2 unspecified atom stereocenters. The van der Waals surface area contributed by atoms with Crippen LogP contribution in [0.4, 0.5) is 11.4 Å². The van der Waals surface area contributed by atoms with Gasteiger partial charge in [-0.3, -0.25) is 10.2 Å². The second-order valence-corrected chi connectivity index (χ2v) is 9.72. The van der Waals surface area contributed by atoms with E-state index in [0.29, 0.717) is 46.3 Å². The molecule has 9 heteroatoms. The van der Waals surface area contributed by atoms with Gasteiger partial charge in [0.05, 0.1) is 23.9 Å². The van der Waals surface area contributed by atoms with Crippen LogP contribution < -0.4 is 25.8 Å². The second kappa shape index (κ2) is 11.1. The second-order valence-electron chi connectivity index (χ2n) is 9.72. The van der Waals surface area contributed by atoms with Crippen molar-refractivity contribution in [3.05, 3.63) is 119 Å². The number of aromatic nitrogens is 2. The number of aliphatic imine (C=N–C) groups is 1. The largest absolute Gasteiger partial charge is 0.504 e. The van der Waals surface area contributed by atoms with Crippen molar-refractivity contribution in [3.8, 4) is 17.2 Å². The fourth-order valence-corrected chi connectivity index (χ4v) is 4.98. The molecular formula is C32H29N5O4. The lowest BCUT2D eigenvalue weighted by molar-refractivity contribution is 0.175. The Labute approximate surface area is 236 Å². The summed E-state index contributed by atoms with van der Waals surface area (Å²) in [5, 5.41) is 14.3.